The third kappa shape index (κ3) is 5.32. The third-order valence-electron chi connectivity index (χ3n) is 4.89. The van der Waals surface area contributed by atoms with Crippen LogP contribution in [-0.2, 0) is 10.0 Å². The van der Waals surface area contributed by atoms with Crippen molar-refractivity contribution in [3.8, 4) is 0 Å². The molecule has 3 aromatic rings. The highest BCUT2D eigenvalue weighted by atomic mass is 32.2. The molecule has 1 amide bonds. The third-order valence-corrected chi connectivity index (χ3v) is 6.27. The molecule has 31 heavy (non-hydrogen) atoms. The highest BCUT2D eigenvalue weighted by Crippen LogP contribution is 2.21. The van der Waals surface area contributed by atoms with E-state index in [1.165, 1.54) is 24.4 Å². The van der Waals surface area contributed by atoms with Crippen LogP contribution in [0.25, 0.3) is 10.9 Å². The molecule has 164 valence electrons. The summed E-state index contributed by atoms with van der Waals surface area (Å²) in [7, 11) is -3.92. The molecule has 0 saturated heterocycles. The van der Waals surface area contributed by atoms with E-state index in [9.17, 15) is 18.0 Å². The first-order chi connectivity index (χ1) is 14.6. The Hall–Kier alpha value is -3.13. The first-order valence-corrected chi connectivity index (χ1v) is 11.6. The second-order valence-electron chi connectivity index (χ2n) is 8.16. The minimum Gasteiger partial charge on any atom is -0.360 e. The lowest BCUT2D eigenvalue weighted by molar-refractivity contribution is 0.0951. The zero-order chi connectivity index (χ0) is 22.8. The maximum absolute atomic E-state index is 12.9. The fourth-order valence-electron chi connectivity index (χ4n) is 3.35. The summed E-state index contributed by atoms with van der Waals surface area (Å²) in [5.41, 5.74) is 2.20. The van der Waals surface area contributed by atoms with E-state index in [0.29, 0.717) is 23.7 Å². The van der Waals surface area contributed by atoms with Gasteiger partial charge >= 0.3 is 0 Å². The molecule has 0 aliphatic heterocycles. The molecule has 2 aromatic carbocycles. The van der Waals surface area contributed by atoms with Crippen LogP contribution < -0.4 is 15.5 Å². The van der Waals surface area contributed by atoms with Crippen LogP contribution in [0.15, 0.2) is 52.3 Å². The van der Waals surface area contributed by atoms with E-state index in [-0.39, 0.29) is 15.8 Å². The Morgan fingerprint density at radius 3 is 2.39 bits per heavy atom. The van der Waals surface area contributed by atoms with Crippen LogP contribution in [0.3, 0.4) is 0 Å². The molecular weight excluding hydrogens is 414 g/mol. The molecule has 0 fully saturated rings. The molecule has 0 saturated carbocycles. The Bertz CT molecular complexity index is 1270. The van der Waals surface area contributed by atoms with Crippen molar-refractivity contribution in [2.75, 3.05) is 11.3 Å². The number of aryl methyl sites for hydroxylation is 2. The molecule has 0 spiro atoms. The number of carbonyl (C=O) groups is 1. The van der Waals surface area contributed by atoms with Crippen molar-refractivity contribution in [2.24, 2.45) is 5.92 Å². The van der Waals surface area contributed by atoms with Crippen molar-refractivity contribution >= 4 is 32.5 Å². The van der Waals surface area contributed by atoms with Crippen LogP contribution >= 0.6 is 0 Å². The lowest BCUT2D eigenvalue weighted by atomic mass is 10.1. The highest BCUT2D eigenvalue weighted by Gasteiger charge is 2.18. The van der Waals surface area contributed by atoms with Gasteiger partial charge in [-0.1, -0.05) is 19.9 Å². The summed E-state index contributed by atoms with van der Waals surface area (Å²) >= 11 is 0. The van der Waals surface area contributed by atoms with Gasteiger partial charge < -0.3 is 10.3 Å². The molecule has 3 rings (SSSR count). The number of fused-ring (bicyclic) bond motifs is 1. The number of nitrogens with one attached hydrogen (secondary N) is 3. The second-order valence-corrected chi connectivity index (χ2v) is 9.84. The largest absolute Gasteiger partial charge is 0.360 e. The van der Waals surface area contributed by atoms with E-state index >= 15 is 0 Å². The summed E-state index contributed by atoms with van der Waals surface area (Å²) < 4.78 is 28.4. The molecule has 8 heteroatoms. The topological polar surface area (TPSA) is 108 Å². The van der Waals surface area contributed by atoms with Crippen LogP contribution in [0.1, 0.15) is 41.8 Å². The Morgan fingerprint density at radius 1 is 1.06 bits per heavy atom. The van der Waals surface area contributed by atoms with Crippen LogP contribution in [0.2, 0.25) is 0 Å². The molecule has 7 nitrogen and oxygen atoms in total. The fourth-order valence-corrected chi connectivity index (χ4v) is 4.42. The van der Waals surface area contributed by atoms with E-state index in [2.05, 4.69) is 15.0 Å². The first kappa shape index (κ1) is 22.6. The predicted molar refractivity (Wildman–Crippen MR) is 123 cm³/mol. The fraction of sp³-hybridized carbons (Fsp3) is 0.304. The number of benzene rings is 2. The van der Waals surface area contributed by atoms with E-state index < -0.39 is 21.4 Å². The number of aromatic amines is 1. The Balaban J connectivity index is 1.94. The Labute approximate surface area is 181 Å². The minimum absolute atomic E-state index is 0.0481. The van der Waals surface area contributed by atoms with Crippen molar-refractivity contribution in [1.29, 1.82) is 0 Å². The number of carbonyl (C=O) groups excluding carboxylic acids is 1. The number of H-pyrrole nitrogens is 1. The van der Waals surface area contributed by atoms with Crippen molar-refractivity contribution in [2.45, 2.75) is 39.0 Å². The molecular formula is C23H27N3O4S. The smallest absolute Gasteiger partial charge is 0.261 e. The monoisotopic (exact) mass is 441 g/mol. The number of pyridine rings is 1. The van der Waals surface area contributed by atoms with Gasteiger partial charge in [-0.15, -0.1) is 0 Å². The number of amides is 1. The standard InChI is InChI=1S/C23H27N3O4S/c1-14(2)7-8-24-23(28)20-13-25-21-6-5-18(12-19(21)22(20)27)31(29,30)26-17-10-15(3)9-16(4)11-17/h5-6,9-14,26H,7-8H2,1-4H3,(H,24,28)(H,25,27). The Morgan fingerprint density at radius 2 is 1.74 bits per heavy atom. The van der Waals surface area contributed by atoms with Gasteiger partial charge in [-0.3, -0.25) is 14.3 Å². The first-order valence-electron chi connectivity index (χ1n) is 10.1. The average Bonchev–Trinajstić information content (AvgIpc) is 2.66. The van der Waals surface area contributed by atoms with Gasteiger partial charge in [0.25, 0.3) is 15.9 Å². The van der Waals surface area contributed by atoms with Gasteiger partial charge in [-0.2, -0.15) is 0 Å². The minimum atomic E-state index is -3.92. The van der Waals surface area contributed by atoms with E-state index in [4.69, 9.17) is 0 Å². The van der Waals surface area contributed by atoms with Gasteiger partial charge in [0, 0.05) is 29.3 Å². The molecule has 1 heterocycles. The number of sulfonamides is 1. The Kier molecular flexibility index (Phi) is 6.50. The summed E-state index contributed by atoms with van der Waals surface area (Å²) in [6.07, 6.45) is 2.15. The molecule has 1 aromatic heterocycles. The maximum atomic E-state index is 12.9. The molecule has 0 radical (unpaired) electrons. The number of rotatable bonds is 7. The van der Waals surface area contributed by atoms with Crippen LogP contribution in [0, 0.1) is 19.8 Å². The van der Waals surface area contributed by atoms with Crippen molar-refractivity contribution in [3.63, 3.8) is 0 Å². The molecule has 0 bridgehead atoms. The number of hydrogen-bond donors (Lipinski definition) is 3. The average molecular weight is 442 g/mol. The number of hydrogen-bond acceptors (Lipinski definition) is 4. The van der Waals surface area contributed by atoms with Crippen LogP contribution in [0.4, 0.5) is 5.69 Å². The molecule has 0 aliphatic rings. The van der Waals surface area contributed by atoms with E-state index in [0.717, 1.165) is 17.5 Å². The predicted octanol–water partition coefficient (Wildman–Crippen LogP) is 3.72. The van der Waals surface area contributed by atoms with Gasteiger partial charge in [0.15, 0.2) is 0 Å². The van der Waals surface area contributed by atoms with Gasteiger partial charge in [-0.25, -0.2) is 8.42 Å². The molecule has 0 unspecified atom stereocenters. The summed E-state index contributed by atoms with van der Waals surface area (Å²) in [4.78, 5) is 28.2. The zero-order valence-corrected chi connectivity index (χ0v) is 18.9. The van der Waals surface area contributed by atoms with Crippen LogP contribution in [-0.4, -0.2) is 25.9 Å². The highest BCUT2D eigenvalue weighted by molar-refractivity contribution is 7.92. The molecule has 0 aliphatic carbocycles. The van der Waals surface area contributed by atoms with Gasteiger partial charge in [0.2, 0.25) is 5.43 Å². The van der Waals surface area contributed by atoms with Crippen molar-refractivity contribution in [3.05, 3.63) is 69.5 Å². The normalized spacial score (nSPS) is 11.6. The van der Waals surface area contributed by atoms with E-state index in [1.807, 2.05) is 33.8 Å². The SMILES string of the molecule is Cc1cc(C)cc(NS(=O)(=O)c2ccc3[nH]cc(C(=O)NCCC(C)C)c(=O)c3c2)c1. The number of aromatic nitrogens is 1. The van der Waals surface area contributed by atoms with Crippen molar-refractivity contribution in [1.82, 2.24) is 10.3 Å². The van der Waals surface area contributed by atoms with Gasteiger partial charge in [0.05, 0.1) is 4.90 Å². The quantitative estimate of drug-likeness (QED) is 0.519. The number of anilines is 1. The zero-order valence-electron chi connectivity index (χ0n) is 18.1. The second kappa shape index (κ2) is 8.93. The van der Waals surface area contributed by atoms with Crippen molar-refractivity contribution < 1.29 is 13.2 Å². The lowest BCUT2D eigenvalue weighted by Crippen LogP contribution is -2.30. The molecule has 3 N–H and O–H groups in total. The van der Waals surface area contributed by atoms with E-state index in [1.54, 1.807) is 12.1 Å². The maximum Gasteiger partial charge on any atom is 0.261 e. The van der Waals surface area contributed by atoms with Gasteiger partial charge in [0.1, 0.15) is 5.56 Å². The van der Waals surface area contributed by atoms with Crippen LogP contribution in [0.5, 0.6) is 0 Å². The molecule has 0 atom stereocenters. The van der Waals surface area contributed by atoms with Gasteiger partial charge in [-0.05, 0) is 67.6 Å². The summed E-state index contributed by atoms with van der Waals surface area (Å²) in [5.74, 6) is -0.0573. The summed E-state index contributed by atoms with van der Waals surface area (Å²) in [5, 5.41) is 2.87. The lowest BCUT2D eigenvalue weighted by Gasteiger charge is -2.11. The summed E-state index contributed by atoms with van der Waals surface area (Å²) in [6.45, 7) is 8.32. The summed E-state index contributed by atoms with van der Waals surface area (Å²) in [6, 6.07) is 9.65.